The Bertz CT molecular complexity index is 434. The zero-order valence-corrected chi connectivity index (χ0v) is 8.07. The van der Waals surface area contributed by atoms with E-state index >= 15 is 0 Å². The Morgan fingerprint density at radius 2 is 2.07 bits per heavy atom. The van der Waals surface area contributed by atoms with Crippen LogP contribution >= 0.6 is 0 Å². The maximum Gasteiger partial charge on any atom is 0.276 e. The van der Waals surface area contributed by atoms with Crippen LogP contribution in [0.25, 0.3) is 0 Å². The van der Waals surface area contributed by atoms with Crippen molar-refractivity contribution in [3.05, 3.63) is 23.0 Å². The zero-order valence-electron chi connectivity index (χ0n) is 8.07. The van der Waals surface area contributed by atoms with Crippen LogP contribution in [0.3, 0.4) is 0 Å². The van der Waals surface area contributed by atoms with Crippen LogP contribution in [0.5, 0.6) is 0 Å². The topological polar surface area (TPSA) is 68.3 Å². The summed E-state index contributed by atoms with van der Waals surface area (Å²) in [5, 5.41) is 0.690. The number of hydrogen-bond donors (Lipinski definition) is 1. The summed E-state index contributed by atoms with van der Waals surface area (Å²) in [6.45, 7) is 1.83. The van der Waals surface area contributed by atoms with Gasteiger partial charge in [0.15, 0.2) is 0 Å². The summed E-state index contributed by atoms with van der Waals surface area (Å²) in [5.74, 6) is 4.57. The van der Waals surface area contributed by atoms with Crippen LogP contribution in [-0.2, 0) is 18.3 Å². The lowest BCUT2D eigenvalue weighted by Crippen LogP contribution is -2.47. The highest BCUT2D eigenvalue weighted by Crippen LogP contribution is 2.22. The number of carbonyl (C=O) groups excluding carboxylic acids is 2. The summed E-state index contributed by atoms with van der Waals surface area (Å²) in [7, 11) is 1.82. The summed E-state index contributed by atoms with van der Waals surface area (Å²) in [6.07, 6.45) is 2.02. The molecular weight excluding hydrogens is 182 g/mol. The van der Waals surface area contributed by atoms with Crippen molar-refractivity contribution in [2.75, 3.05) is 0 Å². The first kappa shape index (κ1) is 8.96. The van der Waals surface area contributed by atoms with Crippen LogP contribution in [-0.4, -0.2) is 21.4 Å². The first-order valence-corrected chi connectivity index (χ1v) is 4.29. The zero-order chi connectivity index (χ0) is 10.5. The highest BCUT2D eigenvalue weighted by atomic mass is 16.2. The second-order valence-corrected chi connectivity index (χ2v) is 3.49. The third-order valence-electron chi connectivity index (χ3n) is 2.52. The number of carbonyl (C=O) groups is 2. The fourth-order valence-electron chi connectivity index (χ4n) is 1.80. The number of aryl methyl sites for hydroxylation is 2. The summed E-state index contributed by atoms with van der Waals surface area (Å²) >= 11 is 0. The van der Waals surface area contributed by atoms with E-state index in [1.54, 1.807) is 4.57 Å². The molecule has 74 valence electrons. The first-order valence-electron chi connectivity index (χ1n) is 4.29. The van der Waals surface area contributed by atoms with Crippen LogP contribution < -0.4 is 5.84 Å². The van der Waals surface area contributed by atoms with Crippen LogP contribution in [0.1, 0.15) is 21.6 Å². The van der Waals surface area contributed by atoms with E-state index in [0.717, 1.165) is 11.3 Å². The highest BCUT2D eigenvalue weighted by Gasteiger charge is 2.32. The highest BCUT2D eigenvalue weighted by molar-refractivity contribution is 6.09. The Morgan fingerprint density at radius 1 is 1.43 bits per heavy atom. The Balaban J connectivity index is 2.64. The van der Waals surface area contributed by atoms with Gasteiger partial charge in [-0.05, 0) is 12.5 Å². The fourth-order valence-corrected chi connectivity index (χ4v) is 1.80. The number of fused-ring (bicyclic) bond motifs is 1. The van der Waals surface area contributed by atoms with Crippen molar-refractivity contribution in [2.24, 2.45) is 12.9 Å². The Labute approximate surface area is 81.1 Å². The number of hydrogen-bond acceptors (Lipinski definition) is 3. The Hall–Kier alpha value is -1.62. The van der Waals surface area contributed by atoms with Gasteiger partial charge in [0.05, 0.1) is 12.0 Å². The molecular formula is C9H11N3O2. The van der Waals surface area contributed by atoms with E-state index in [2.05, 4.69) is 0 Å². The number of nitrogens with zero attached hydrogens (tertiary/aromatic N) is 2. The molecule has 2 rings (SSSR count). The first-order chi connectivity index (χ1) is 6.52. The lowest BCUT2D eigenvalue weighted by Gasteiger charge is -2.21. The lowest BCUT2D eigenvalue weighted by molar-refractivity contribution is -0.128. The second-order valence-electron chi connectivity index (χ2n) is 3.49. The van der Waals surface area contributed by atoms with Gasteiger partial charge in [-0.1, -0.05) is 0 Å². The van der Waals surface area contributed by atoms with Crippen LogP contribution in [0.2, 0.25) is 0 Å². The van der Waals surface area contributed by atoms with E-state index in [-0.39, 0.29) is 12.3 Å². The normalized spacial score (nSPS) is 16.1. The number of aromatic nitrogens is 1. The van der Waals surface area contributed by atoms with Gasteiger partial charge in [-0.25, -0.2) is 10.9 Å². The molecule has 0 aromatic carbocycles. The average Bonchev–Trinajstić information content (AvgIpc) is 2.38. The van der Waals surface area contributed by atoms with Crippen LogP contribution in [0, 0.1) is 6.92 Å². The molecule has 1 aliphatic heterocycles. The van der Waals surface area contributed by atoms with E-state index in [1.807, 2.05) is 20.2 Å². The summed E-state index contributed by atoms with van der Waals surface area (Å²) in [5.41, 5.74) is 2.17. The molecule has 2 N–H and O–H groups in total. The van der Waals surface area contributed by atoms with Gasteiger partial charge in [-0.2, -0.15) is 0 Å². The summed E-state index contributed by atoms with van der Waals surface area (Å²) < 4.78 is 1.80. The molecule has 1 aromatic rings. The minimum absolute atomic E-state index is 0.196. The number of nitrogens with two attached hydrogens (primary N) is 1. The molecule has 0 spiro atoms. The van der Waals surface area contributed by atoms with Gasteiger partial charge in [-0.15, -0.1) is 0 Å². The predicted octanol–water partition coefficient (Wildman–Crippen LogP) is -0.268. The molecule has 0 unspecified atom stereocenters. The smallest absolute Gasteiger partial charge is 0.276 e. The third kappa shape index (κ3) is 0.990. The van der Waals surface area contributed by atoms with Gasteiger partial charge in [0.1, 0.15) is 0 Å². The quantitative estimate of drug-likeness (QED) is 0.350. The van der Waals surface area contributed by atoms with Gasteiger partial charge < -0.3 is 4.57 Å². The maximum absolute atomic E-state index is 11.6. The molecule has 14 heavy (non-hydrogen) atoms. The van der Waals surface area contributed by atoms with Crippen LogP contribution in [0.4, 0.5) is 0 Å². The molecule has 0 radical (unpaired) electrons. The molecule has 0 atom stereocenters. The predicted molar refractivity (Wildman–Crippen MR) is 49.2 cm³/mol. The number of imide groups is 1. The molecule has 1 aromatic heterocycles. The fraction of sp³-hybridized carbons (Fsp3) is 0.333. The Morgan fingerprint density at radius 3 is 2.71 bits per heavy atom. The van der Waals surface area contributed by atoms with Gasteiger partial charge in [0, 0.05) is 18.9 Å². The number of hydrazine groups is 1. The maximum atomic E-state index is 11.6. The van der Waals surface area contributed by atoms with Crippen molar-refractivity contribution in [3.63, 3.8) is 0 Å². The van der Waals surface area contributed by atoms with E-state index in [9.17, 15) is 9.59 Å². The van der Waals surface area contributed by atoms with Crippen molar-refractivity contribution >= 4 is 11.8 Å². The Kier molecular flexibility index (Phi) is 1.72. The largest absolute Gasteiger partial charge is 0.353 e. The molecule has 2 heterocycles. The lowest BCUT2D eigenvalue weighted by atomic mass is 10.0. The number of amides is 2. The molecule has 0 saturated carbocycles. The standard InChI is InChI=1S/C9H11N3O2/c1-5-4-11(2)6-3-7(13)12(10)9(14)8(5)6/h4H,3,10H2,1-2H3. The molecule has 5 heteroatoms. The molecule has 1 aliphatic rings. The third-order valence-corrected chi connectivity index (χ3v) is 2.52. The van der Waals surface area contributed by atoms with Gasteiger partial charge >= 0.3 is 0 Å². The molecule has 0 saturated heterocycles. The summed E-state index contributed by atoms with van der Waals surface area (Å²) in [4.78, 5) is 22.9. The minimum atomic E-state index is -0.408. The van der Waals surface area contributed by atoms with E-state index < -0.39 is 5.91 Å². The summed E-state index contributed by atoms with van der Waals surface area (Å²) in [6, 6.07) is 0. The van der Waals surface area contributed by atoms with Gasteiger partial charge in [-0.3, -0.25) is 9.59 Å². The SMILES string of the molecule is Cc1cn(C)c2c1C(=O)N(N)C(=O)C2. The van der Waals surface area contributed by atoms with Gasteiger partial charge in [0.25, 0.3) is 5.91 Å². The average molecular weight is 193 g/mol. The number of rotatable bonds is 0. The van der Waals surface area contributed by atoms with Crippen molar-refractivity contribution in [1.29, 1.82) is 0 Å². The van der Waals surface area contributed by atoms with Crippen molar-refractivity contribution < 1.29 is 9.59 Å². The molecule has 2 amide bonds. The van der Waals surface area contributed by atoms with Crippen molar-refractivity contribution in [3.8, 4) is 0 Å². The van der Waals surface area contributed by atoms with Crippen molar-refractivity contribution in [1.82, 2.24) is 9.58 Å². The minimum Gasteiger partial charge on any atom is -0.353 e. The van der Waals surface area contributed by atoms with Crippen molar-refractivity contribution in [2.45, 2.75) is 13.3 Å². The van der Waals surface area contributed by atoms with Gasteiger partial charge in [0.2, 0.25) is 5.91 Å². The monoisotopic (exact) mass is 193 g/mol. The van der Waals surface area contributed by atoms with E-state index in [1.165, 1.54) is 0 Å². The molecule has 5 nitrogen and oxygen atoms in total. The second kappa shape index (κ2) is 2.68. The molecule has 0 bridgehead atoms. The van der Waals surface area contributed by atoms with Crippen LogP contribution in [0.15, 0.2) is 6.20 Å². The van der Waals surface area contributed by atoms with E-state index in [0.29, 0.717) is 10.6 Å². The molecule has 0 aliphatic carbocycles. The molecule has 0 fully saturated rings. The van der Waals surface area contributed by atoms with E-state index in [4.69, 9.17) is 5.84 Å².